The molecular weight excluding hydrogens is 286 g/mol. The SMILES string of the molecule is CN1CC(N)CC1C(=O)N(CC(=O)O)c1ccccc1C=O. The number of rotatable bonds is 5. The summed E-state index contributed by atoms with van der Waals surface area (Å²) in [7, 11) is 1.78. The van der Waals surface area contributed by atoms with Crippen molar-refractivity contribution in [3.8, 4) is 0 Å². The number of carboxylic acids is 1. The van der Waals surface area contributed by atoms with E-state index in [0.717, 1.165) is 4.90 Å². The van der Waals surface area contributed by atoms with Gasteiger partial charge in [0.05, 0.1) is 11.7 Å². The fraction of sp³-hybridized carbons (Fsp3) is 0.400. The van der Waals surface area contributed by atoms with Gasteiger partial charge in [0.1, 0.15) is 6.54 Å². The highest BCUT2D eigenvalue weighted by atomic mass is 16.4. The lowest BCUT2D eigenvalue weighted by Crippen LogP contribution is -2.46. The van der Waals surface area contributed by atoms with Crippen LogP contribution in [0, 0.1) is 0 Å². The number of nitrogens with two attached hydrogens (primary N) is 1. The van der Waals surface area contributed by atoms with Gasteiger partial charge in [0.15, 0.2) is 6.29 Å². The molecule has 2 atom stereocenters. The van der Waals surface area contributed by atoms with E-state index in [0.29, 0.717) is 24.9 Å². The van der Waals surface area contributed by atoms with E-state index in [1.807, 2.05) is 4.90 Å². The first kappa shape index (κ1) is 16.1. The van der Waals surface area contributed by atoms with E-state index in [2.05, 4.69) is 0 Å². The molecule has 1 saturated heterocycles. The number of benzene rings is 1. The van der Waals surface area contributed by atoms with Crippen LogP contribution in [0.5, 0.6) is 0 Å². The molecule has 22 heavy (non-hydrogen) atoms. The number of aldehydes is 1. The van der Waals surface area contributed by atoms with Crippen LogP contribution >= 0.6 is 0 Å². The van der Waals surface area contributed by atoms with Gasteiger partial charge in [-0.3, -0.25) is 24.2 Å². The zero-order valence-electron chi connectivity index (χ0n) is 12.3. The Kier molecular flexibility index (Phi) is 4.89. The van der Waals surface area contributed by atoms with Crippen LogP contribution in [0.2, 0.25) is 0 Å². The van der Waals surface area contributed by atoms with Crippen LogP contribution in [0.4, 0.5) is 5.69 Å². The predicted molar refractivity (Wildman–Crippen MR) is 80.8 cm³/mol. The number of likely N-dealkylation sites (tertiary alicyclic amines) is 1. The summed E-state index contributed by atoms with van der Waals surface area (Å²) in [6.45, 7) is 0.0793. The third kappa shape index (κ3) is 3.32. The van der Waals surface area contributed by atoms with E-state index < -0.39 is 18.6 Å². The molecule has 0 spiro atoms. The Hall–Kier alpha value is -2.25. The number of likely N-dealkylation sites (N-methyl/N-ethyl adjacent to an activating group) is 1. The lowest BCUT2D eigenvalue weighted by atomic mass is 10.1. The van der Waals surface area contributed by atoms with Crippen molar-refractivity contribution < 1.29 is 19.5 Å². The number of hydrogen-bond acceptors (Lipinski definition) is 5. The van der Waals surface area contributed by atoms with Crippen molar-refractivity contribution in [2.45, 2.75) is 18.5 Å². The minimum absolute atomic E-state index is 0.119. The van der Waals surface area contributed by atoms with Gasteiger partial charge in [-0.05, 0) is 25.6 Å². The molecule has 1 aromatic rings. The van der Waals surface area contributed by atoms with Gasteiger partial charge in [-0.1, -0.05) is 12.1 Å². The first-order chi connectivity index (χ1) is 10.4. The summed E-state index contributed by atoms with van der Waals surface area (Å²) in [5, 5.41) is 9.10. The number of carbonyl (C=O) groups is 3. The third-order valence-corrected chi connectivity index (χ3v) is 3.78. The Morgan fingerprint density at radius 3 is 2.68 bits per heavy atom. The van der Waals surface area contributed by atoms with Crippen molar-refractivity contribution in [2.75, 3.05) is 25.0 Å². The van der Waals surface area contributed by atoms with Crippen LogP contribution in [0.1, 0.15) is 16.8 Å². The van der Waals surface area contributed by atoms with E-state index in [9.17, 15) is 14.4 Å². The molecule has 118 valence electrons. The largest absolute Gasteiger partial charge is 0.480 e. The number of nitrogens with zero attached hydrogens (tertiary/aromatic N) is 2. The Morgan fingerprint density at radius 1 is 1.45 bits per heavy atom. The molecule has 7 nitrogen and oxygen atoms in total. The lowest BCUT2D eigenvalue weighted by Gasteiger charge is -2.28. The number of carboxylic acid groups (broad SMARTS) is 1. The van der Waals surface area contributed by atoms with Crippen LogP contribution in [0.25, 0.3) is 0 Å². The molecule has 7 heteroatoms. The molecule has 0 saturated carbocycles. The Morgan fingerprint density at radius 2 is 2.14 bits per heavy atom. The van der Waals surface area contributed by atoms with Gasteiger partial charge in [-0.25, -0.2) is 0 Å². The Labute approximate surface area is 128 Å². The molecule has 2 unspecified atom stereocenters. The molecule has 0 aliphatic carbocycles. The highest BCUT2D eigenvalue weighted by Crippen LogP contribution is 2.23. The molecular formula is C15H19N3O4. The van der Waals surface area contributed by atoms with Gasteiger partial charge in [-0.2, -0.15) is 0 Å². The van der Waals surface area contributed by atoms with Gasteiger partial charge in [0, 0.05) is 18.2 Å². The lowest BCUT2D eigenvalue weighted by molar-refractivity contribution is -0.137. The van der Waals surface area contributed by atoms with Crippen molar-refractivity contribution in [1.82, 2.24) is 4.90 Å². The molecule has 1 aliphatic rings. The van der Waals surface area contributed by atoms with Gasteiger partial charge in [0.2, 0.25) is 5.91 Å². The molecule has 0 radical (unpaired) electrons. The highest BCUT2D eigenvalue weighted by Gasteiger charge is 2.36. The van der Waals surface area contributed by atoms with Crippen LogP contribution < -0.4 is 10.6 Å². The molecule has 2 rings (SSSR count). The van der Waals surface area contributed by atoms with E-state index in [4.69, 9.17) is 10.8 Å². The number of aliphatic carboxylic acids is 1. The second-order valence-corrected chi connectivity index (χ2v) is 5.45. The maximum Gasteiger partial charge on any atom is 0.323 e. The topological polar surface area (TPSA) is 104 Å². The van der Waals surface area contributed by atoms with E-state index in [1.165, 1.54) is 0 Å². The molecule has 1 heterocycles. The van der Waals surface area contributed by atoms with Crippen LogP contribution in [-0.4, -0.2) is 60.4 Å². The first-order valence-electron chi connectivity index (χ1n) is 6.97. The molecule has 1 amide bonds. The average molecular weight is 305 g/mol. The standard InChI is InChI=1S/C15H19N3O4/c1-17-7-11(16)6-13(17)15(22)18(8-14(20)21)12-5-3-2-4-10(12)9-19/h2-5,9,11,13H,6-8,16H2,1H3,(H,20,21). The molecule has 0 aromatic heterocycles. The number of anilines is 1. The van der Waals surface area contributed by atoms with Crippen molar-refractivity contribution >= 4 is 23.9 Å². The van der Waals surface area contributed by atoms with Crippen molar-refractivity contribution in [3.63, 3.8) is 0 Å². The summed E-state index contributed by atoms with van der Waals surface area (Å²) in [6.07, 6.45) is 1.08. The summed E-state index contributed by atoms with van der Waals surface area (Å²) in [6, 6.07) is 5.85. The molecule has 0 bridgehead atoms. The second-order valence-electron chi connectivity index (χ2n) is 5.45. The fourth-order valence-electron chi connectivity index (χ4n) is 2.76. The monoisotopic (exact) mass is 305 g/mol. The second kappa shape index (κ2) is 6.67. The maximum absolute atomic E-state index is 12.8. The van der Waals surface area contributed by atoms with Crippen LogP contribution in [0.3, 0.4) is 0 Å². The first-order valence-corrected chi connectivity index (χ1v) is 6.97. The molecule has 1 fully saturated rings. The average Bonchev–Trinajstić information content (AvgIpc) is 2.82. The van der Waals surface area contributed by atoms with E-state index in [-0.39, 0.29) is 17.5 Å². The predicted octanol–water partition coefficient (Wildman–Crippen LogP) is -0.0519. The van der Waals surface area contributed by atoms with Crippen molar-refractivity contribution in [2.24, 2.45) is 5.73 Å². The summed E-state index contributed by atoms with van der Waals surface area (Å²) in [5.74, 6) is -1.49. The highest BCUT2D eigenvalue weighted by molar-refractivity contribution is 6.03. The summed E-state index contributed by atoms with van der Waals surface area (Å²) in [4.78, 5) is 38.0. The smallest absolute Gasteiger partial charge is 0.323 e. The molecule has 1 aromatic carbocycles. The summed E-state index contributed by atoms with van der Waals surface area (Å²) in [5.41, 5.74) is 6.45. The summed E-state index contributed by atoms with van der Waals surface area (Å²) < 4.78 is 0. The Balaban J connectivity index is 2.35. The van der Waals surface area contributed by atoms with Gasteiger partial charge < -0.3 is 10.8 Å². The number of amides is 1. The molecule has 3 N–H and O–H groups in total. The third-order valence-electron chi connectivity index (χ3n) is 3.78. The number of hydrogen-bond donors (Lipinski definition) is 2. The Bertz CT molecular complexity index is 590. The molecule has 1 aliphatic heterocycles. The van der Waals surface area contributed by atoms with Gasteiger partial charge in [-0.15, -0.1) is 0 Å². The normalized spacial score (nSPS) is 21.5. The number of carbonyl (C=O) groups excluding carboxylic acids is 2. The van der Waals surface area contributed by atoms with Crippen LogP contribution in [-0.2, 0) is 9.59 Å². The van der Waals surface area contributed by atoms with Crippen molar-refractivity contribution in [1.29, 1.82) is 0 Å². The maximum atomic E-state index is 12.8. The summed E-state index contributed by atoms with van der Waals surface area (Å²) >= 11 is 0. The minimum Gasteiger partial charge on any atom is -0.480 e. The van der Waals surface area contributed by atoms with Crippen LogP contribution in [0.15, 0.2) is 24.3 Å². The van der Waals surface area contributed by atoms with Crippen molar-refractivity contribution in [3.05, 3.63) is 29.8 Å². The van der Waals surface area contributed by atoms with Gasteiger partial charge in [0.25, 0.3) is 0 Å². The van der Waals surface area contributed by atoms with E-state index >= 15 is 0 Å². The minimum atomic E-state index is -1.14. The number of para-hydroxylation sites is 1. The fourth-order valence-corrected chi connectivity index (χ4v) is 2.76. The van der Waals surface area contributed by atoms with E-state index in [1.54, 1.807) is 31.3 Å². The zero-order chi connectivity index (χ0) is 16.3. The van der Waals surface area contributed by atoms with Gasteiger partial charge >= 0.3 is 5.97 Å². The quantitative estimate of drug-likeness (QED) is 0.739. The zero-order valence-corrected chi connectivity index (χ0v) is 12.3.